The number of nitrogens with one attached hydrogen (secondary N) is 2. The molecule has 2 amide bonds. The number of carbonyl (C=O) groups is 2. The molecule has 0 saturated carbocycles. The first-order chi connectivity index (χ1) is 26.8. The van der Waals surface area contributed by atoms with Gasteiger partial charge >= 0.3 is 20.1 Å². The van der Waals surface area contributed by atoms with Gasteiger partial charge in [0.2, 0.25) is 0 Å². The number of nitrogens with zero attached hydrogens (tertiary/aromatic N) is 4. The van der Waals surface area contributed by atoms with Gasteiger partial charge in [-0.1, -0.05) is 59.7 Å². The minimum atomic E-state index is -4.15. The Hall–Kier alpha value is -6.33. The van der Waals surface area contributed by atoms with E-state index in [1.54, 1.807) is 36.4 Å². The molecule has 296 valence electrons. The maximum Gasteiger partial charge on any atom is 0.345 e. The van der Waals surface area contributed by atoms with Crippen molar-refractivity contribution in [1.29, 1.82) is 0 Å². The minimum absolute atomic E-state index is 0.00731. The molecule has 2 heterocycles. The third-order valence-corrected chi connectivity index (χ3v) is 11.2. The van der Waals surface area contributed by atoms with E-state index in [0.29, 0.717) is 11.3 Å². The zero-order valence-corrected chi connectivity index (χ0v) is 33.2. The number of hydrogen-bond donors (Lipinski definition) is 3. The fourth-order valence-electron chi connectivity index (χ4n) is 4.11. The van der Waals surface area contributed by atoms with Crippen LogP contribution in [0.2, 0.25) is 0 Å². The highest BCUT2D eigenvalue weighted by Gasteiger charge is 2.22. The lowest BCUT2D eigenvalue weighted by Gasteiger charge is -2.11. The van der Waals surface area contributed by atoms with Crippen LogP contribution in [0.1, 0.15) is 31.8 Å². The molecular weight excluding hydrogens is 848 g/mol. The minimum Gasteiger partial charge on any atom is -0.507 e. The Balaban J connectivity index is 0.000000211. The number of phenols is 1. The molecule has 4 aromatic carbocycles. The molecule has 23 heteroatoms. The lowest BCUT2D eigenvalue weighted by atomic mass is 10.2. The average Bonchev–Trinajstić information content (AvgIpc) is 3.83. The number of nitro groups is 2. The number of aryl methyl sites for hydroxylation is 2. The zero-order valence-electron chi connectivity index (χ0n) is 29.1. The number of phenolic OH excluding ortho intramolecular Hbond substituents is 1. The smallest absolute Gasteiger partial charge is 0.345 e. The van der Waals surface area contributed by atoms with E-state index in [-0.39, 0.29) is 52.7 Å². The van der Waals surface area contributed by atoms with E-state index in [1.165, 1.54) is 60.7 Å². The molecule has 0 unspecified atom stereocenters. The normalized spacial score (nSPS) is 10.8. The average molecular weight is 875 g/mol. The summed E-state index contributed by atoms with van der Waals surface area (Å²) in [4.78, 5) is 51.7. The van der Waals surface area contributed by atoms with Gasteiger partial charge in [0.05, 0.1) is 25.9 Å². The Morgan fingerprint density at radius 1 is 0.684 bits per heavy atom. The number of hydrogen-bond acceptors (Lipinski definition) is 16. The lowest BCUT2D eigenvalue weighted by molar-refractivity contribution is -0.380. The lowest BCUT2D eigenvalue weighted by Crippen LogP contribution is -2.16. The SMILES string of the molecule is Cc1ccc(S(=O)(=O)Cl)cc1.Cc1ccc(S(=O)(=O)Oc2ccccc2C(=O)Nc2ncc([N+](=O)[O-])s2)cc1.O=C(Nc1ncc([N+](=O)[O-])s1)c1ccccc1O. The number of aromatic hydroxyl groups is 1. The number of anilines is 2. The van der Waals surface area contributed by atoms with Gasteiger partial charge in [0, 0.05) is 10.7 Å². The summed E-state index contributed by atoms with van der Waals surface area (Å²) in [5, 5.41) is 35.1. The monoisotopic (exact) mass is 874 g/mol. The fraction of sp³-hybridized carbons (Fsp3) is 0.0588. The highest BCUT2D eigenvalue weighted by Crippen LogP contribution is 2.29. The summed E-state index contributed by atoms with van der Waals surface area (Å²) in [5.74, 6) is -1.62. The predicted octanol–water partition coefficient (Wildman–Crippen LogP) is 7.31. The maximum absolute atomic E-state index is 12.5. The zero-order chi connectivity index (χ0) is 41.9. The van der Waals surface area contributed by atoms with Gasteiger partial charge in [-0.15, -0.1) is 0 Å². The highest BCUT2D eigenvalue weighted by atomic mass is 35.7. The Kier molecular flexibility index (Phi) is 14.5. The van der Waals surface area contributed by atoms with Crippen molar-refractivity contribution in [3.63, 3.8) is 0 Å². The van der Waals surface area contributed by atoms with E-state index in [4.69, 9.17) is 14.9 Å². The predicted molar refractivity (Wildman–Crippen MR) is 211 cm³/mol. The highest BCUT2D eigenvalue weighted by molar-refractivity contribution is 8.13. The molecular formula is C34H27ClN6O12S4. The Labute approximate surface area is 336 Å². The molecule has 0 radical (unpaired) electrons. The van der Waals surface area contributed by atoms with Crippen molar-refractivity contribution in [2.24, 2.45) is 0 Å². The van der Waals surface area contributed by atoms with E-state index in [1.807, 2.05) is 13.8 Å². The third kappa shape index (κ3) is 12.6. The molecule has 57 heavy (non-hydrogen) atoms. The molecule has 0 aliphatic carbocycles. The van der Waals surface area contributed by atoms with Gasteiger partial charge in [-0.25, -0.2) is 18.4 Å². The second-order valence-corrected chi connectivity index (χ2v) is 17.2. The van der Waals surface area contributed by atoms with E-state index >= 15 is 0 Å². The van der Waals surface area contributed by atoms with Crippen LogP contribution in [0, 0.1) is 34.1 Å². The van der Waals surface area contributed by atoms with Gasteiger partial charge in [-0.05, 0) is 85.1 Å². The van der Waals surface area contributed by atoms with Crippen LogP contribution < -0.4 is 14.8 Å². The van der Waals surface area contributed by atoms with Gasteiger partial charge in [-0.3, -0.25) is 40.5 Å². The van der Waals surface area contributed by atoms with Crippen LogP contribution in [0.25, 0.3) is 0 Å². The van der Waals surface area contributed by atoms with Crippen molar-refractivity contribution >= 4 is 84.6 Å². The van der Waals surface area contributed by atoms with Crippen LogP contribution in [0.4, 0.5) is 20.3 Å². The Morgan fingerprint density at radius 2 is 1.11 bits per heavy atom. The number of rotatable bonds is 10. The number of thiazole rings is 2. The number of benzene rings is 4. The van der Waals surface area contributed by atoms with E-state index in [2.05, 4.69) is 20.6 Å². The fourth-order valence-corrected chi connectivity index (χ4v) is 7.08. The van der Waals surface area contributed by atoms with Crippen LogP contribution in [-0.2, 0) is 19.2 Å². The molecule has 0 saturated heterocycles. The van der Waals surface area contributed by atoms with Crippen molar-refractivity contribution in [3.05, 3.63) is 152 Å². The second-order valence-electron chi connectivity index (χ2n) is 11.0. The molecule has 0 aliphatic rings. The summed E-state index contributed by atoms with van der Waals surface area (Å²) in [6, 6.07) is 24.2. The summed E-state index contributed by atoms with van der Waals surface area (Å²) in [7, 11) is -2.61. The third-order valence-electron chi connectivity index (χ3n) is 6.88. The van der Waals surface area contributed by atoms with Crippen molar-refractivity contribution in [3.8, 4) is 11.5 Å². The van der Waals surface area contributed by atoms with Crippen molar-refractivity contribution in [1.82, 2.24) is 9.97 Å². The first-order valence-corrected chi connectivity index (χ1v) is 20.9. The van der Waals surface area contributed by atoms with Crippen molar-refractivity contribution in [2.75, 3.05) is 10.6 Å². The van der Waals surface area contributed by atoms with Crippen LogP contribution in [0.3, 0.4) is 0 Å². The van der Waals surface area contributed by atoms with Crippen molar-refractivity contribution < 1.29 is 45.6 Å². The number of amides is 2. The summed E-state index contributed by atoms with van der Waals surface area (Å²) in [6.45, 7) is 3.70. The molecule has 6 rings (SSSR count). The van der Waals surface area contributed by atoms with Gasteiger partial charge in [0.15, 0.2) is 16.0 Å². The van der Waals surface area contributed by atoms with Gasteiger partial charge < -0.3 is 9.29 Å². The molecule has 18 nitrogen and oxygen atoms in total. The first-order valence-electron chi connectivity index (χ1n) is 15.6. The molecule has 0 aliphatic heterocycles. The quantitative estimate of drug-likeness (QED) is 0.0527. The molecule has 2 aromatic heterocycles. The van der Waals surface area contributed by atoms with E-state index < -0.39 is 40.8 Å². The Morgan fingerprint density at radius 3 is 1.54 bits per heavy atom. The standard InChI is InChI=1S/C17H13N3O6S2.C10H7N3O4S.C7H7ClO2S/c1-11-6-8-12(9-7-11)28(24,25)26-14-5-3-2-4-13(14)16(21)19-17-18-10-15(27-17)20(22)23;14-7-4-2-1-3-6(7)9(15)12-10-11-5-8(18-10)13(16)17;1-6-2-4-7(5-3-6)11(8,9)10/h2-10H,1H3,(H,18,19,21);1-5,14H,(H,11,12,15);2-5H,1H3. The van der Waals surface area contributed by atoms with Gasteiger partial charge in [0.25, 0.3) is 20.9 Å². The molecule has 0 spiro atoms. The van der Waals surface area contributed by atoms with Gasteiger partial charge in [0.1, 0.15) is 23.0 Å². The largest absolute Gasteiger partial charge is 0.507 e. The van der Waals surface area contributed by atoms with Crippen LogP contribution >= 0.6 is 33.4 Å². The van der Waals surface area contributed by atoms with Crippen molar-refractivity contribution in [2.45, 2.75) is 23.6 Å². The number of carbonyl (C=O) groups excluding carboxylic acids is 2. The number of aromatic nitrogens is 2. The number of halogens is 1. The molecule has 0 bridgehead atoms. The van der Waals surface area contributed by atoms with E-state index in [9.17, 15) is 51.8 Å². The summed E-state index contributed by atoms with van der Waals surface area (Å²) in [6.07, 6.45) is 2.08. The maximum atomic E-state index is 12.5. The summed E-state index contributed by atoms with van der Waals surface area (Å²) < 4.78 is 51.5. The molecule has 0 atom stereocenters. The summed E-state index contributed by atoms with van der Waals surface area (Å²) >= 11 is 1.43. The molecule has 6 aromatic rings. The molecule has 0 fully saturated rings. The molecule has 3 N–H and O–H groups in total. The van der Waals surface area contributed by atoms with Crippen LogP contribution in [-0.4, -0.2) is 53.6 Å². The summed E-state index contributed by atoms with van der Waals surface area (Å²) in [5.41, 5.74) is 1.91. The van der Waals surface area contributed by atoms with Crippen LogP contribution in [0.5, 0.6) is 11.5 Å². The Bertz CT molecular complexity index is 2640. The topological polar surface area (TPSA) is 268 Å². The number of para-hydroxylation sites is 2. The van der Waals surface area contributed by atoms with Crippen LogP contribution in [0.15, 0.2) is 119 Å². The second kappa shape index (κ2) is 19.0. The van der Waals surface area contributed by atoms with E-state index in [0.717, 1.165) is 34.9 Å². The first kappa shape index (κ1) is 43.4. The van der Waals surface area contributed by atoms with Gasteiger partial charge in [-0.2, -0.15) is 8.42 Å².